The second-order valence-electron chi connectivity index (χ2n) is 12.5. The van der Waals surface area contributed by atoms with Crippen LogP contribution in [-0.2, 0) is 14.4 Å². The maximum atomic E-state index is 12.4. The zero-order chi connectivity index (χ0) is 34.8. The SMILES string of the molecule is C=C(Nc1ccc(Oc2ccc(NC(=O)C3CCCCC3)cc2)cc1)C(/C=C\C)=C/C=C\C.CC(C)(C)C(C)(C)C(=O)O.O=CO. The minimum atomic E-state index is -0.736. The average molecular weight is 633 g/mol. The number of amides is 1. The molecule has 0 aromatic heterocycles. The maximum Gasteiger partial charge on any atom is 0.309 e. The number of carboxylic acid groups (broad SMARTS) is 2. The summed E-state index contributed by atoms with van der Waals surface area (Å²) in [5.41, 5.74) is 2.76. The molecule has 1 fully saturated rings. The fourth-order valence-corrected chi connectivity index (χ4v) is 4.16. The summed E-state index contributed by atoms with van der Waals surface area (Å²) in [6.07, 6.45) is 15.5. The molecule has 2 aromatic carbocycles. The molecule has 1 saturated carbocycles. The molecule has 46 heavy (non-hydrogen) atoms. The summed E-state index contributed by atoms with van der Waals surface area (Å²) in [4.78, 5) is 31.4. The molecule has 0 saturated heterocycles. The fourth-order valence-electron chi connectivity index (χ4n) is 4.16. The van der Waals surface area contributed by atoms with Crippen LogP contribution >= 0.6 is 0 Å². The number of anilines is 2. The summed E-state index contributed by atoms with van der Waals surface area (Å²) in [6.45, 7) is 17.2. The third-order valence-corrected chi connectivity index (χ3v) is 8.06. The number of nitrogens with one attached hydrogen (secondary N) is 2. The van der Waals surface area contributed by atoms with E-state index in [4.69, 9.17) is 19.7 Å². The van der Waals surface area contributed by atoms with Crippen molar-refractivity contribution >= 4 is 29.7 Å². The van der Waals surface area contributed by atoms with Gasteiger partial charge >= 0.3 is 5.97 Å². The highest BCUT2D eigenvalue weighted by atomic mass is 16.5. The van der Waals surface area contributed by atoms with Crippen molar-refractivity contribution in [3.05, 3.63) is 96.8 Å². The normalized spacial score (nSPS) is 13.9. The molecule has 1 amide bonds. The number of carboxylic acids is 1. The predicted molar refractivity (Wildman–Crippen MR) is 188 cm³/mol. The maximum absolute atomic E-state index is 12.4. The van der Waals surface area contributed by atoms with E-state index in [0.717, 1.165) is 59.8 Å². The number of ether oxygens (including phenoxy) is 1. The Hall–Kier alpha value is -4.59. The number of allylic oxidation sites excluding steroid dienone is 5. The summed E-state index contributed by atoms with van der Waals surface area (Å²) >= 11 is 0. The molecule has 0 atom stereocenters. The van der Waals surface area contributed by atoms with Gasteiger partial charge in [-0.05, 0) is 100 Å². The largest absolute Gasteiger partial charge is 0.483 e. The molecule has 8 nitrogen and oxygen atoms in total. The van der Waals surface area contributed by atoms with Crippen LogP contribution in [0, 0.1) is 16.7 Å². The van der Waals surface area contributed by atoms with E-state index in [1.54, 1.807) is 13.8 Å². The van der Waals surface area contributed by atoms with Gasteiger partial charge in [-0.25, -0.2) is 0 Å². The topological polar surface area (TPSA) is 125 Å². The van der Waals surface area contributed by atoms with E-state index >= 15 is 0 Å². The molecule has 0 spiro atoms. The first-order chi connectivity index (χ1) is 21.7. The first-order valence-electron chi connectivity index (χ1n) is 15.6. The zero-order valence-electron chi connectivity index (χ0n) is 28.4. The van der Waals surface area contributed by atoms with Crippen molar-refractivity contribution in [2.24, 2.45) is 16.7 Å². The lowest BCUT2D eigenvalue weighted by Crippen LogP contribution is -2.37. The quantitative estimate of drug-likeness (QED) is 0.152. The van der Waals surface area contributed by atoms with Gasteiger partial charge in [-0.2, -0.15) is 0 Å². The van der Waals surface area contributed by atoms with Crippen LogP contribution in [0.15, 0.2) is 96.8 Å². The first kappa shape index (κ1) is 39.4. The van der Waals surface area contributed by atoms with Crippen LogP contribution < -0.4 is 15.4 Å². The molecule has 3 rings (SSSR count). The standard InChI is InChI=1S/C29H34N2O2.C8H16O2.CH2O2/c1-4-6-11-23(10-5-2)22(3)30-25-14-18-27(19-15-25)33-28-20-16-26(17-21-28)31-29(32)24-12-8-7-9-13-24;1-7(2,3)8(4,5)6(9)10;2-1-3/h4-6,10-11,14-21,24,30H,3,7-9,12-13H2,1-2H3,(H,31,32);1-5H3,(H,9,10);1H,(H,2,3)/b6-4-,10-5-,23-11+;;. The molecular weight excluding hydrogens is 580 g/mol. The van der Waals surface area contributed by atoms with Crippen LogP contribution in [0.1, 0.15) is 80.6 Å². The van der Waals surface area contributed by atoms with Crippen molar-refractivity contribution < 1.29 is 29.3 Å². The number of carbonyl (C=O) groups is 3. The number of benzene rings is 2. The minimum absolute atomic E-state index is 0.131. The molecule has 0 heterocycles. The van der Waals surface area contributed by atoms with E-state index in [-0.39, 0.29) is 23.7 Å². The summed E-state index contributed by atoms with van der Waals surface area (Å²) < 4.78 is 5.96. The Labute approximate surface area is 275 Å². The van der Waals surface area contributed by atoms with Gasteiger partial charge in [0.15, 0.2) is 0 Å². The first-order valence-corrected chi connectivity index (χ1v) is 15.6. The Kier molecular flexibility index (Phi) is 16.9. The van der Waals surface area contributed by atoms with Crippen molar-refractivity contribution in [2.75, 3.05) is 10.6 Å². The molecule has 2 aromatic rings. The number of rotatable bonds is 10. The van der Waals surface area contributed by atoms with Crippen molar-refractivity contribution in [2.45, 2.75) is 80.6 Å². The number of hydrogen-bond donors (Lipinski definition) is 4. The number of hydrogen-bond acceptors (Lipinski definition) is 5. The second kappa shape index (κ2) is 19.7. The molecule has 0 unspecified atom stereocenters. The molecule has 250 valence electrons. The van der Waals surface area contributed by atoms with Gasteiger partial charge in [-0.3, -0.25) is 14.4 Å². The van der Waals surface area contributed by atoms with Gasteiger partial charge in [0, 0.05) is 23.0 Å². The predicted octanol–water partition coefficient (Wildman–Crippen LogP) is 9.85. The highest BCUT2D eigenvalue weighted by Crippen LogP contribution is 2.37. The summed E-state index contributed by atoms with van der Waals surface area (Å²) in [5.74, 6) is 1.00. The third kappa shape index (κ3) is 13.6. The van der Waals surface area contributed by atoms with Gasteiger partial charge in [-0.1, -0.05) is 77.0 Å². The monoisotopic (exact) mass is 632 g/mol. The smallest absolute Gasteiger partial charge is 0.309 e. The van der Waals surface area contributed by atoms with Crippen LogP contribution in [-0.4, -0.2) is 28.6 Å². The molecule has 0 aliphatic heterocycles. The van der Waals surface area contributed by atoms with Gasteiger partial charge in [0.1, 0.15) is 11.5 Å². The van der Waals surface area contributed by atoms with E-state index in [2.05, 4.69) is 17.2 Å². The lowest BCUT2D eigenvalue weighted by atomic mass is 9.69. The van der Waals surface area contributed by atoms with Crippen LogP contribution in [0.4, 0.5) is 11.4 Å². The fraction of sp³-hybridized carbons (Fsp3) is 0.395. The summed E-state index contributed by atoms with van der Waals surface area (Å²) in [7, 11) is 0. The lowest BCUT2D eigenvalue weighted by Gasteiger charge is -2.34. The Morgan fingerprint density at radius 3 is 1.72 bits per heavy atom. The molecule has 0 radical (unpaired) electrons. The molecule has 8 heteroatoms. The number of aliphatic carboxylic acids is 1. The van der Waals surface area contributed by atoms with E-state index in [1.165, 1.54) is 6.42 Å². The van der Waals surface area contributed by atoms with Crippen molar-refractivity contribution in [1.82, 2.24) is 0 Å². The van der Waals surface area contributed by atoms with E-state index in [1.807, 2.05) is 114 Å². The number of carbonyl (C=O) groups excluding carboxylic acids is 1. The van der Waals surface area contributed by atoms with Crippen LogP contribution in [0.25, 0.3) is 0 Å². The van der Waals surface area contributed by atoms with E-state index < -0.39 is 11.4 Å². The van der Waals surface area contributed by atoms with Gasteiger partial charge in [-0.15, -0.1) is 0 Å². The Bertz CT molecular complexity index is 1340. The van der Waals surface area contributed by atoms with Crippen LogP contribution in [0.3, 0.4) is 0 Å². The van der Waals surface area contributed by atoms with Crippen molar-refractivity contribution in [1.29, 1.82) is 0 Å². The molecule has 4 N–H and O–H groups in total. The van der Waals surface area contributed by atoms with Gasteiger partial charge < -0.3 is 25.6 Å². The van der Waals surface area contributed by atoms with Gasteiger partial charge in [0.25, 0.3) is 6.47 Å². The highest BCUT2D eigenvalue weighted by molar-refractivity contribution is 5.92. The second-order valence-corrected chi connectivity index (χ2v) is 12.5. The zero-order valence-corrected chi connectivity index (χ0v) is 28.4. The molecule has 0 bridgehead atoms. The van der Waals surface area contributed by atoms with E-state index in [0.29, 0.717) is 0 Å². The van der Waals surface area contributed by atoms with Crippen LogP contribution in [0.2, 0.25) is 0 Å². The van der Waals surface area contributed by atoms with Crippen molar-refractivity contribution in [3.8, 4) is 11.5 Å². The van der Waals surface area contributed by atoms with E-state index in [9.17, 15) is 9.59 Å². The summed E-state index contributed by atoms with van der Waals surface area (Å²) in [5, 5.41) is 22.0. The highest BCUT2D eigenvalue weighted by Gasteiger charge is 2.39. The molecular formula is C38H52N2O6. The third-order valence-electron chi connectivity index (χ3n) is 8.06. The van der Waals surface area contributed by atoms with Gasteiger partial charge in [0.05, 0.1) is 5.41 Å². The van der Waals surface area contributed by atoms with Gasteiger partial charge in [0.2, 0.25) is 5.91 Å². The van der Waals surface area contributed by atoms with Crippen molar-refractivity contribution in [3.63, 3.8) is 0 Å². The Morgan fingerprint density at radius 2 is 1.33 bits per heavy atom. The van der Waals surface area contributed by atoms with Crippen LogP contribution in [0.5, 0.6) is 11.5 Å². The molecule has 1 aliphatic carbocycles. The minimum Gasteiger partial charge on any atom is -0.483 e. The summed E-state index contributed by atoms with van der Waals surface area (Å²) in [6, 6.07) is 15.3. The average Bonchev–Trinajstić information content (AvgIpc) is 3.01. The Morgan fingerprint density at radius 1 is 0.848 bits per heavy atom. The molecule has 1 aliphatic rings. The Balaban J connectivity index is 0.000000687. The lowest BCUT2D eigenvalue weighted by molar-refractivity contribution is -0.153.